The van der Waals surface area contributed by atoms with Crippen molar-refractivity contribution in [2.45, 2.75) is 39.0 Å². The van der Waals surface area contributed by atoms with E-state index in [0.29, 0.717) is 29.6 Å². The van der Waals surface area contributed by atoms with Crippen molar-refractivity contribution >= 4 is 16.1 Å². The maximum atomic E-state index is 11.1. The lowest BCUT2D eigenvalue weighted by molar-refractivity contribution is -0.890. The van der Waals surface area contributed by atoms with Gasteiger partial charge in [-0.3, -0.25) is 0 Å². The minimum Gasteiger partial charge on any atom is -0.748 e. The first-order chi connectivity index (χ1) is 10.0. The van der Waals surface area contributed by atoms with E-state index < -0.39 is 10.1 Å². The Morgan fingerprint density at radius 3 is 2.18 bits per heavy atom. The molecule has 0 aliphatic rings. The molecule has 130 valence electrons. The van der Waals surface area contributed by atoms with Gasteiger partial charge in [-0.05, 0) is 32.6 Å². The Hall–Kier alpha value is -0.920. The number of carbonyl (C=O) groups is 1. The number of hydrogen-bond donors (Lipinski definition) is 0. The van der Waals surface area contributed by atoms with Crippen LogP contribution in [0.2, 0.25) is 0 Å². The molecule has 0 rings (SSSR count). The lowest BCUT2D eigenvalue weighted by Crippen LogP contribution is -2.41. The van der Waals surface area contributed by atoms with Crippen molar-refractivity contribution in [3.63, 3.8) is 0 Å². The van der Waals surface area contributed by atoms with Gasteiger partial charge in [0.2, 0.25) is 0 Å². The first kappa shape index (κ1) is 21.1. The number of nitrogens with zero attached hydrogens (tertiary/aromatic N) is 1. The molecule has 0 radical (unpaired) electrons. The number of ether oxygens (including phenoxy) is 1. The Balaban J connectivity index is 3.64. The lowest BCUT2D eigenvalue weighted by atomic mass is 10.2. The normalized spacial score (nSPS) is 12.2. The van der Waals surface area contributed by atoms with Crippen LogP contribution in [-0.2, 0) is 19.6 Å². The third-order valence-corrected chi connectivity index (χ3v) is 4.19. The molecule has 0 aliphatic carbocycles. The molecule has 7 heteroatoms. The first-order valence-electron chi connectivity index (χ1n) is 7.62. The van der Waals surface area contributed by atoms with Gasteiger partial charge in [-0.15, -0.1) is 0 Å². The highest BCUT2D eigenvalue weighted by atomic mass is 32.2. The van der Waals surface area contributed by atoms with Crippen LogP contribution in [0.4, 0.5) is 0 Å². The quantitative estimate of drug-likeness (QED) is 0.178. The summed E-state index contributed by atoms with van der Waals surface area (Å²) in [6, 6.07) is 0. The Morgan fingerprint density at radius 1 is 1.09 bits per heavy atom. The SMILES string of the molecule is C=C(C)C(=O)OCCCCCC[N+](C)(C)CCCS(=O)(=O)[O-]. The number of quaternary nitrogens is 1. The van der Waals surface area contributed by atoms with Crippen LogP contribution in [0.5, 0.6) is 0 Å². The molecule has 0 N–H and O–H groups in total. The van der Waals surface area contributed by atoms with Crippen LogP contribution < -0.4 is 0 Å². The highest BCUT2D eigenvalue weighted by molar-refractivity contribution is 7.85. The molecule has 0 atom stereocenters. The minimum atomic E-state index is -4.10. The average Bonchev–Trinajstić information content (AvgIpc) is 2.35. The van der Waals surface area contributed by atoms with Crippen LogP contribution in [-0.4, -0.2) is 63.0 Å². The lowest BCUT2D eigenvalue weighted by Gasteiger charge is -2.30. The molecule has 6 nitrogen and oxygen atoms in total. The fraction of sp³-hybridized carbons (Fsp3) is 0.800. The molecule has 0 heterocycles. The van der Waals surface area contributed by atoms with Crippen LogP contribution >= 0.6 is 0 Å². The van der Waals surface area contributed by atoms with Crippen molar-refractivity contribution in [1.29, 1.82) is 0 Å². The first-order valence-corrected chi connectivity index (χ1v) is 9.19. The van der Waals surface area contributed by atoms with Gasteiger partial charge in [-0.25, -0.2) is 13.2 Å². The van der Waals surface area contributed by atoms with Crippen molar-refractivity contribution in [3.8, 4) is 0 Å². The molecule has 0 bridgehead atoms. The molecule has 22 heavy (non-hydrogen) atoms. The Bertz CT molecular complexity index is 457. The standard InChI is InChI=1S/C15H29NO5S/c1-14(2)15(17)21-12-8-6-5-7-10-16(3,4)11-9-13-22(18,19)20/h1,5-13H2,2-4H3. The summed E-state index contributed by atoms with van der Waals surface area (Å²) in [5, 5.41) is 0. The highest BCUT2D eigenvalue weighted by Gasteiger charge is 2.14. The topological polar surface area (TPSA) is 83.5 Å². The Labute approximate surface area is 134 Å². The second-order valence-corrected chi connectivity index (χ2v) is 7.85. The van der Waals surface area contributed by atoms with Gasteiger partial charge in [0.15, 0.2) is 0 Å². The van der Waals surface area contributed by atoms with Crippen molar-refractivity contribution in [1.82, 2.24) is 0 Å². The van der Waals surface area contributed by atoms with Gasteiger partial charge < -0.3 is 13.8 Å². The minimum absolute atomic E-state index is 0.289. The molecule has 0 saturated carbocycles. The van der Waals surface area contributed by atoms with E-state index in [0.717, 1.165) is 32.2 Å². The van der Waals surface area contributed by atoms with E-state index in [2.05, 4.69) is 6.58 Å². The van der Waals surface area contributed by atoms with E-state index in [9.17, 15) is 17.8 Å². The number of carbonyl (C=O) groups excluding carboxylic acids is 1. The van der Waals surface area contributed by atoms with E-state index in [-0.39, 0.29) is 11.7 Å². The van der Waals surface area contributed by atoms with Gasteiger partial charge >= 0.3 is 5.97 Å². The van der Waals surface area contributed by atoms with E-state index in [1.54, 1.807) is 6.92 Å². The summed E-state index contributed by atoms with van der Waals surface area (Å²) in [6.45, 7) is 7.18. The summed E-state index contributed by atoms with van der Waals surface area (Å²) in [5.74, 6) is -0.630. The molecule has 0 amide bonds. The van der Waals surface area contributed by atoms with Crippen LogP contribution in [0.1, 0.15) is 39.0 Å². The maximum Gasteiger partial charge on any atom is 0.333 e. The van der Waals surface area contributed by atoms with E-state index in [1.165, 1.54) is 0 Å². The van der Waals surface area contributed by atoms with Crippen LogP contribution in [0, 0.1) is 0 Å². The van der Waals surface area contributed by atoms with Crippen LogP contribution in [0.15, 0.2) is 12.2 Å². The average molecular weight is 335 g/mol. The number of esters is 1. The van der Waals surface area contributed by atoms with Crippen LogP contribution in [0.3, 0.4) is 0 Å². The van der Waals surface area contributed by atoms with Gasteiger partial charge in [-0.2, -0.15) is 0 Å². The zero-order valence-corrected chi connectivity index (χ0v) is 14.8. The summed E-state index contributed by atoms with van der Waals surface area (Å²) in [6.07, 6.45) is 4.27. The van der Waals surface area contributed by atoms with Gasteiger partial charge in [-0.1, -0.05) is 6.58 Å². The van der Waals surface area contributed by atoms with Gasteiger partial charge in [0.1, 0.15) is 0 Å². The maximum absolute atomic E-state index is 11.1. The molecule has 0 spiro atoms. The summed E-state index contributed by atoms with van der Waals surface area (Å²) in [7, 11) is -0.0353. The smallest absolute Gasteiger partial charge is 0.333 e. The largest absolute Gasteiger partial charge is 0.748 e. The van der Waals surface area contributed by atoms with Crippen molar-refractivity contribution < 1.29 is 27.0 Å². The second kappa shape index (κ2) is 9.97. The Morgan fingerprint density at radius 2 is 1.64 bits per heavy atom. The molecule has 0 aromatic heterocycles. The van der Waals surface area contributed by atoms with Crippen molar-refractivity contribution in [3.05, 3.63) is 12.2 Å². The van der Waals surface area contributed by atoms with Crippen molar-refractivity contribution in [2.24, 2.45) is 0 Å². The van der Waals surface area contributed by atoms with Crippen LogP contribution in [0.25, 0.3) is 0 Å². The summed E-state index contributed by atoms with van der Waals surface area (Å²) < 4.78 is 37.4. The predicted octanol–water partition coefficient (Wildman–Crippen LogP) is 1.68. The number of unbranched alkanes of at least 4 members (excludes halogenated alkanes) is 3. The fourth-order valence-corrected chi connectivity index (χ4v) is 2.55. The second-order valence-electron chi connectivity index (χ2n) is 6.33. The fourth-order valence-electron chi connectivity index (χ4n) is 2.06. The number of hydrogen-bond acceptors (Lipinski definition) is 5. The zero-order valence-electron chi connectivity index (χ0n) is 14.0. The highest BCUT2D eigenvalue weighted by Crippen LogP contribution is 2.07. The summed E-state index contributed by atoms with van der Waals surface area (Å²) in [4.78, 5) is 11.1. The van der Waals surface area contributed by atoms with Crippen molar-refractivity contribution in [2.75, 3.05) is 39.5 Å². The molecule has 0 unspecified atom stereocenters. The van der Waals surface area contributed by atoms with Gasteiger partial charge in [0.05, 0.1) is 43.9 Å². The molecule has 0 saturated heterocycles. The molecular formula is C15H29NO5S. The van der Waals surface area contributed by atoms with Gasteiger partial charge in [0, 0.05) is 17.7 Å². The molecular weight excluding hydrogens is 306 g/mol. The predicted molar refractivity (Wildman–Crippen MR) is 85.3 cm³/mol. The molecule has 0 aromatic rings. The molecule has 0 fully saturated rings. The van der Waals surface area contributed by atoms with E-state index in [4.69, 9.17) is 4.74 Å². The van der Waals surface area contributed by atoms with Gasteiger partial charge in [0.25, 0.3) is 0 Å². The summed E-state index contributed by atoms with van der Waals surface area (Å²) in [5.41, 5.74) is 0.416. The third kappa shape index (κ3) is 12.8. The monoisotopic (exact) mass is 335 g/mol. The van der Waals surface area contributed by atoms with E-state index >= 15 is 0 Å². The summed E-state index contributed by atoms with van der Waals surface area (Å²) >= 11 is 0. The third-order valence-electron chi connectivity index (χ3n) is 3.40. The molecule has 0 aromatic carbocycles. The van der Waals surface area contributed by atoms with E-state index in [1.807, 2.05) is 14.1 Å². The Kier molecular flexibility index (Phi) is 9.55. The number of rotatable bonds is 12. The zero-order chi connectivity index (χ0) is 17.2. The molecule has 0 aliphatic heterocycles.